The molecule has 0 aromatic carbocycles. The highest BCUT2D eigenvalue weighted by atomic mass is 35.5. The van der Waals surface area contributed by atoms with E-state index in [9.17, 15) is 4.79 Å². The van der Waals surface area contributed by atoms with Crippen molar-refractivity contribution in [3.05, 3.63) is 23.3 Å². The Bertz CT molecular complexity index is 660. The molecule has 3 N–H and O–H groups in total. The third kappa shape index (κ3) is 3.89. The van der Waals surface area contributed by atoms with Gasteiger partial charge in [0.25, 0.3) is 5.91 Å². The Morgan fingerprint density at radius 2 is 2.17 bits per heavy atom. The molecule has 0 radical (unpaired) electrons. The number of amides is 1. The van der Waals surface area contributed by atoms with Crippen LogP contribution in [0.2, 0.25) is 0 Å². The van der Waals surface area contributed by atoms with Crippen LogP contribution in [-0.2, 0) is 13.5 Å². The van der Waals surface area contributed by atoms with Gasteiger partial charge in [-0.05, 0) is 38.4 Å². The number of aryl methyl sites for hydroxylation is 2. The Labute approximate surface area is 140 Å². The van der Waals surface area contributed by atoms with E-state index in [0.717, 1.165) is 43.9 Å². The number of hydrogen-bond donors (Lipinski definition) is 3. The van der Waals surface area contributed by atoms with Gasteiger partial charge in [0.1, 0.15) is 0 Å². The molecule has 9 heteroatoms. The van der Waals surface area contributed by atoms with Crippen molar-refractivity contribution in [2.75, 3.05) is 18.4 Å². The molecule has 1 saturated heterocycles. The van der Waals surface area contributed by atoms with E-state index in [1.165, 1.54) is 0 Å². The maximum Gasteiger partial charge on any atom is 0.278 e. The minimum atomic E-state index is -0.275. The fourth-order valence-corrected chi connectivity index (χ4v) is 2.59. The van der Waals surface area contributed by atoms with E-state index in [1.807, 2.05) is 6.92 Å². The fourth-order valence-electron chi connectivity index (χ4n) is 2.59. The molecular formula is C14H22ClN7O. The number of carbonyl (C=O) groups excluding carboxylic acids is 1. The third-order valence-electron chi connectivity index (χ3n) is 3.95. The maximum atomic E-state index is 12.2. The van der Waals surface area contributed by atoms with Crippen LogP contribution in [-0.4, -0.2) is 44.0 Å². The van der Waals surface area contributed by atoms with Crippen LogP contribution >= 0.6 is 12.4 Å². The number of nitrogens with one attached hydrogen (secondary N) is 3. The van der Waals surface area contributed by atoms with Gasteiger partial charge in [0.2, 0.25) is 5.95 Å². The molecule has 0 spiro atoms. The topological polar surface area (TPSA) is 101 Å². The molecule has 1 fully saturated rings. The molecular weight excluding hydrogens is 318 g/mol. The highest BCUT2D eigenvalue weighted by molar-refractivity contribution is 6.01. The molecule has 3 rings (SSSR count). The second kappa shape index (κ2) is 7.56. The summed E-state index contributed by atoms with van der Waals surface area (Å²) in [7, 11) is 1.79. The highest BCUT2D eigenvalue weighted by Gasteiger charge is 2.22. The lowest BCUT2D eigenvalue weighted by molar-refractivity contribution is 0.102. The fraction of sp³-hybridized carbons (Fsp3) is 0.571. The van der Waals surface area contributed by atoms with Crippen LogP contribution in [0.5, 0.6) is 0 Å². The molecule has 0 saturated carbocycles. The molecule has 2 aromatic heterocycles. The Hall–Kier alpha value is -1.93. The first kappa shape index (κ1) is 17.4. The Balaban J connectivity index is 0.00000192. The van der Waals surface area contributed by atoms with Gasteiger partial charge in [-0.15, -0.1) is 12.4 Å². The van der Waals surface area contributed by atoms with Gasteiger partial charge >= 0.3 is 0 Å². The predicted molar refractivity (Wildman–Crippen MR) is 89.0 cm³/mol. The first-order valence-electron chi connectivity index (χ1n) is 7.64. The van der Waals surface area contributed by atoms with Crippen LogP contribution in [0.1, 0.15) is 47.7 Å². The van der Waals surface area contributed by atoms with Crippen LogP contribution in [0.4, 0.5) is 5.95 Å². The maximum absolute atomic E-state index is 12.2. The molecule has 0 atom stereocenters. The van der Waals surface area contributed by atoms with Crippen molar-refractivity contribution >= 4 is 24.3 Å². The molecule has 1 aliphatic rings. The van der Waals surface area contributed by atoms with E-state index in [4.69, 9.17) is 0 Å². The smallest absolute Gasteiger partial charge is 0.278 e. The van der Waals surface area contributed by atoms with Crippen LogP contribution in [0.15, 0.2) is 6.07 Å². The SMILES string of the molecule is CCc1cc(C(=O)Nc2nc(C3CCNCC3)nn2C)n[nH]1.Cl. The molecule has 0 unspecified atom stereocenters. The third-order valence-corrected chi connectivity index (χ3v) is 3.95. The molecule has 3 heterocycles. The predicted octanol–water partition coefficient (Wildman–Crippen LogP) is 1.24. The largest absolute Gasteiger partial charge is 0.317 e. The Morgan fingerprint density at radius 1 is 1.43 bits per heavy atom. The highest BCUT2D eigenvalue weighted by Crippen LogP contribution is 2.23. The molecule has 8 nitrogen and oxygen atoms in total. The average molecular weight is 340 g/mol. The zero-order valence-corrected chi connectivity index (χ0v) is 14.1. The monoisotopic (exact) mass is 339 g/mol. The number of rotatable bonds is 4. The van der Waals surface area contributed by atoms with E-state index in [-0.39, 0.29) is 18.3 Å². The number of nitrogens with zero attached hydrogens (tertiary/aromatic N) is 4. The molecule has 1 aliphatic heterocycles. The summed E-state index contributed by atoms with van der Waals surface area (Å²) in [6, 6.07) is 1.75. The first-order chi connectivity index (χ1) is 10.7. The summed E-state index contributed by atoms with van der Waals surface area (Å²) < 4.78 is 1.61. The Morgan fingerprint density at radius 3 is 2.83 bits per heavy atom. The van der Waals surface area contributed by atoms with Crippen molar-refractivity contribution in [3.8, 4) is 0 Å². The summed E-state index contributed by atoms with van der Waals surface area (Å²) in [6.07, 6.45) is 2.86. The molecule has 1 amide bonds. The summed E-state index contributed by atoms with van der Waals surface area (Å²) in [4.78, 5) is 16.7. The number of halogens is 1. The van der Waals surface area contributed by atoms with Gasteiger partial charge in [-0.1, -0.05) is 6.92 Å². The number of aromatic nitrogens is 5. The van der Waals surface area contributed by atoms with E-state index in [2.05, 4.69) is 30.9 Å². The average Bonchev–Trinajstić information content (AvgIpc) is 3.15. The molecule has 0 bridgehead atoms. The number of hydrogen-bond acceptors (Lipinski definition) is 5. The normalized spacial score (nSPS) is 15.2. The first-order valence-corrected chi connectivity index (χ1v) is 7.64. The minimum absolute atomic E-state index is 0. The second-order valence-corrected chi connectivity index (χ2v) is 5.53. The van der Waals surface area contributed by atoms with Gasteiger partial charge in [0, 0.05) is 18.7 Å². The summed E-state index contributed by atoms with van der Waals surface area (Å²) >= 11 is 0. The lowest BCUT2D eigenvalue weighted by atomic mass is 9.98. The number of carbonyl (C=O) groups is 1. The molecule has 0 aliphatic carbocycles. The van der Waals surface area contributed by atoms with Crippen molar-refractivity contribution in [2.45, 2.75) is 32.1 Å². The van der Waals surface area contributed by atoms with Gasteiger partial charge in [0.05, 0.1) is 0 Å². The van der Waals surface area contributed by atoms with Gasteiger partial charge < -0.3 is 5.32 Å². The second-order valence-electron chi connectivity index (χ2n) is 5.53. The van der Waals surface area contributed by atoms with Crippen LogP contribution in [0.25, 0.3) is 0 Å². The zero-order chi connectivity index (χ0) is 15.5. The van der Waals surface area contributed by atoms with E-state index in [0.29, 0.717) is 17.6 Å². The number of H-pyrrole nitrogens is 1. The summed E-state index contributed by atoms with van der Waals surface area (Å²) in [5.74, 6) is 1.34. The molecule has 23 heavy (non-hydrogen) atoms. The standard InChI is InChI=1S/C14H21N7O.ClH/c1-3-10-8-11(19-18-10)13(22)17-14-16-12(20-21(14)2)9-4-6-15-7-5-9;/h8-9,15H,3-7H2,1-2H3,(H,18,19)(H,16,17,20,22);1H. The van der Waals surface area contributed by atoms with Crippen molar-refractivity contribution in [3.63, 3.8) is 0 Å². The van der Waals surface area contributed by atoms with Gasteiger partial charge in [0.15, 0.2) is 11.5 Å². The van der Waals surface area contributed by atoms with Crippen LogP contribution in [0, 0.1) is 0 Å². The van der Waals surface area contributed by atoms with Crippen molar-refractivity contribution in [1.82, 2.24) is 30.3 Å². The van der Waals surface area contributed by atoms with E-state index in [1.54, 1.807) is 17.8 Å². The van der Waals surface area contributed by atoms with Gasteiger partial charge in [-0.25, -0.2) is 4.68 Å². The zero-order valence-electron chi connectivity index (χ0n) is 13.3. The summed E-state index contributed by atoms with van der Waals surface area (Å²) in [5, 5.41) is 17.4. The van der Waals surface area contributed by atoms with Gasteiger partial charge in [-0.3, -0.25) is 15.2 Å². The molecule has 126 valence electrons. The van der Waals surface area contributed by atoms with Crippen LogP contribution < -0.4 is 10.6 Å². The minimum Gasteiger partial charge on any atom is -0.317 e. The lowest BCUT2D eigenvalue weighted by Gasteiger charge is -2.19. The summed E-state index contributed by atoms with van der Waals surface area (Å²) in [6.45, 7) is 3.97. The quantitative estimate of drug-likeness (QED) is 0.778. The van der Waals surface area contributed by atoms with Crippen molar-refractivity contribution in [1.29, 1.82) is 0 Å². The van der Waals surface area contributed by atoms with Crippen LogP contribution in [0.3, 0.4) is 0 Å². The number of piperidine rings is 1. The summed E-state index contributed by atoms with van der Waals surface area (Å²) in [5.41, 5.74) is 1.29. The van der Waals surface area contributed by atoms with Crippen molar-refractivity contribution < 1.29 is 4.79 Å². The lowest BCUT2D eigenvalue weighted by Crippen LogP contribution is -2.27. The molecule has 2 aromatic rings. The van der Waals surface area contributed by atoms with E-state index < -0.39 is 0 Å². The van der Waals surface area contributed by atoms with Gasteiger partial charge in [-0.2, -0.15) is 15.2 Å². The Kier molecular flexibility index (Phi) is 5.73. The number of aromatic amines is 1. The van der Waals surface area contributed by atoms with E-state index >= 15 is 0 Å². The van der Waals surface area contributed by atoms with Crippen molar-refractivity contribution in [2.24, 2.45) is 7.05 Å². The number of anilines is 1.